The molecule has 2 nitrogen and oxygen atoms in total. The van der Waals surface area contributed by atoms with Gasteiger partial charge in [-0.25, -0.2) is 0 Å². The lowest BCUT2D eigenvalue weighted by Gasteiger charge is -2.00. The van der Waals surface area contributed by atoms with Crippen LogP contribution in [-0.2, 0) is 13.1 Å². The van der Waals surface area contributed by atoms with Gasteiger partial charge in [0.2, 0.25) is 0 Å². The molecule has 0 fully saturated rings. The quantitative estimate of drug-likeness (QED) is 0.814. The van der Waals surface area contributed by atoms with E-state index in [1.165, 1.54) is 21.0 Å². The summed E-state index contributed by atoms with van der Waals surface area (Å²) in [5.74, 6) is 0. The summed E-state index contributed by atoms with van der Waals surface area (Å²) in [5.41, 5.74) is 2.64. The van der Waals surface area contributed by atoms with E-state index in [4.69, 9.17) is 0 Å². The molecule has 0 radical (unpaired) electrons. The molecule has 0 amide bonds. The van der Waals surface area contributed by atoms with Crippen molar-refractivity contribution >= 4 is 11.3 Å². The van der Waals surface area contributed by atoms with Crippen molar-refractivity contribution in [1.29, 1.82) is 0 Å². The smallest absolute Gasteiger partial charge is 0.0360 e. The summed E-state index contributed by atoms with van der Waals surface area (Å²) in [6.07, 6.45) is 1.95. The lowest BCUT2D eigenvalue weighted by molar-refractivity contribution is 0.689. The molecule has 0 aliphatic rings. The Bertz CT molecular complexity index is 395. The lowest BCUT2D eigenvalue weighted by atomic mass is 10.3. The number of nitrogens with one attached hydrogen (secondary N) is 2. The third kappa shape index (κ3) is 2.70. The zero-order valence-corrected chi connectivity index (χ0v) is 9.95. The maximum atomic E-state index is 3.42. The maximum Gasteiger partial charge on any atom is 0.0360 e. The van der Waals surface area contributed by atoms with Gasteiger partial charge in [-0.15, -0.1) is 11.3 Å². The fourth-order valence-corrected chi connectivity index (χ4v) is 2.56. The molecule has 0 unspecified atom stereocenters. The minimum atomic E-state index is 0.906. The average Bonchev–Trinajstić information content (AvgIpc) is 2.79. The Morgan fingerprint density at radius 1 is 1.33 bits per heavy atom. The first-order valence-corrected chi connectivity index (χ1v) is 5.96. The molecular weight excluding hydrogens is 204 g/mol. The van der Waals surface area contributed by atoms with E-state index in [9.17, 15) is 0 Å². The Labute approximate surface area is 94.3 Å². The minimum Gasteiger partial charge on any atom is -0.364 e. The minimum absolute atomic E-state index is 0.906. The largest absolute Gasteiger partial charge is 0.364 e. The number of hydrogen-bond acceptors (Lipinski definition) is 2. The number of aryl methyl sites for hydroxylation is 2. The normalized spacial score (nSPS) is 10.8. The molecule has 2 heterocycles. The zero-order valence-electron chi connectivity index (χ0n) is 9.13. The van der Waals surface area contributed by atoms with E-state index < -0.39 is 0 Å². The van der Waals surface area contributed by atoms with Crippen LogP contribution in [0.2, 0.25) is 0 Å². The second-order valence-corrected chi connectivity index (χ2v) is 5.09. The van der Waals surface area contributed by atoms with E-state index in [-0.39, 0.29) is 0 Å². The Hall–Kier alpha value is -1.06. The third-order valence-electron chi connectivity index (χ3n) is 2.49. The first-order chi connectivity index (χ1) is 7.25. The number of rotatable bonds is 4. The van der Waals surface area contributed by atoms with Crippen molar-refractivity contribution in [1.82, 2.24) is 10.3 Å². The van der Waals surface area contributed by atoms with Crippen molar-refractivity contribution < 1.29 is 0 Å². The summed E-state index contributed by atoms with van der Waals surface area (Å²) >= 11 is 1.88. The van der Waals surface area contributed by atoms with Gasteiger partial charge in [0.15, 0.2) is 0 Å². The summed E-state index contributed by atoms with van der Waals surface area (Å²) < 4.78 is 0. The first-order valence-electron chi connectivity index (χ1n) is 5.14. The average molecular weight is 220 g/mol. The summed E-state index contributed by atoms with van der Waals surface area (Å²) in [7, 11) is 0. The van der Waals surface area contributed by atoms with Crippen LogP contribution >= 0.6 is 11.3 Å². The fourth-order valence-electron chi connectivity index (χ4n) is 1.53. The number of hydrogen-bond donors (Lipinski definition) is 2. The van der Waals surface area contributed by atoms with Crippen LogP contribution in [0.3, 0.4) is 0 Å². The SMILES string of the molecule is Cc1cc(CNCc2ccc[nH]2)sc1C. The van der Waals surface area contributed by atoms with Crippen molar-refractivity contribution in [3.05, 3.63) is 45.4 Å². The third-order valence-corrected chi connectivity index (χ3v) is 3.65. The standard InChI is InChI=1S/C12H16N2S/c1-9-6-12(15-10(9)2)8-13-7-11-4-3-5-14-11/h3-6,13-14H,7-8H2,1-2H3. The van der Waals surface area contributed by atoms with Crippen LogP contribution in [0.5, 0.6) is 0 Å². The van der Waals surface area contributed by atoms with Gasteiger partial charge in [0.05, 0.1) is 0 Å². The highest BCUT2D eigenvalue weighted by Gasteiger charge is 2.00. The van der Waals surface area contributed by atoms with E-state index in [1.807, 2.05) is 23.6 Å². The molecule has 0 saturated carbocycles. The Balaban J connectivity index is 1.83. The van der Waals surface area contributed by atoms with Crippen LogP contribution < -0.4 is 5.32 Å². The van der Waals surface area contributed by atoms with E-state index in [0.29, 0.717) is 0 Å². The van der Waals surface area contributed by atoms with Gasteiger partial charge in [-0.05, 0) is 37.6 Å². The molecule has 2 aromatic rings. The Morgan fingerprint density at radius 3 is 2.80 bits per heavy atom. The predicted octanol–water partition coefficient (Wildman–Crippen LogP) is 2.98. The van der Waals surface area contributed by atoms with Crippen molar-refractivity contribution in [3.63, 3.8) is 0 Å². The van der Waals surface area contributed by atoms with Crippen molar-refractivity contribution in [2.75, 3.05) is 0 Å². The molecule has 3 heteroatoms. The first kappa shape index (κ1) is 10.5. The van der Waals surface area contributed by atoms with Gasteiger partial charge in [-0.3, -0.25) is 0 Å². The van der Waals surface area contributed by atoms with Gasteiger partial charge < -0.3 is 10.3 Å². The molecule has 2 rings (SSSR count). The molecule has 80 valence electrons. The van der Waals surface area contributed by atoms with Crippen LogP contribution in [0.15, 0.2) is 24.4 Å². The van der Waals surface area contributed by atoms with Gasteiger partial charge in [0, 0.05) is 34.7 Å². The molecule has 0 atom stereocenters. The van der Waals surface area contributed by atoms with Crippen LogP contribution in [0.1, 0.15) is 21.0 Å². The second kappa shape index (κ2) is 4.64. The highest BCUT2D eigenvalue weighted by Crippen LogP contribution is 2.20. The molecule has 2 aromatic heterocycles. The number of H-pyrrole nitrogens is 1. The van der Waals surface area contributed by atoms with Gasteiger partial charge in [-0.1, -0.05) is 0 Å². The summed E-state index contributed by atoms with van der Waals surface area (Å²) in [5, 5.41) is 3.42. The molecule has 2 N–H and O–H groups in total. The number of aromatic amines is 1. The summed E-state index contributed by atoms with van der Waals surface area (Å²) in [4.78, 5) is 6.02. The molecule has 0 aromatic carbocycles. The van der Waals surface area contributed by atoms with Gasteiger partial charge in [0.25, 0.3) is 0 Å². The lowest BCUT2D eigenvalue weighted by Crippen LogP contribution is -2.11. The molecule has 0 bridgehead atoms. The molecule has 15 heavy (non-hydrogen) atoms. The van der Waals surface area contributed by atoms with Crippen molar-refractivity contribution in [2.45, 2.75) is 26.9 Å². The van der Waals surface area contributed by atoms with Crippen LogP contribution in [-0.4, -0.2) is 4.98 Å². The summed E-state index contributed by atoms with van der Waals surface area (Å²) in [6, 6.07) is 6.39. The van der Waals surface area contributed by atoms with E-state index in [1.54, 1.807) is 0 Å². The zero-order chi connectivity index (χ0) is 10.7. The molecule has 0 aliphatic heterocycles. The van der Waals surface area contributed by atoms with Crippen LogP contribution in [0.25, 0.3) is 0 Å². The van der Waals surface area contributed by atoms with Gasteiger partial charge >= 0.3 is 0 Å². The Kier molecular flexibility index (Phi) is 3.23. The van der Waals surface area contributed by atoms with Crippen molar-refractivity contribution in [3.8, 4) is 0 Å². The fraction of sp³-hybridized carbons (Fsp3) is 0.333. The monoisotopic (exact) mass is 220 g/mol. The van der Waals surface area contributed by atoms with Crippen LogP contribution in [0, 0.1) is 13.8 Å². The number of aromatic nitrogens is 1. The topological polar surface area (TPSA) is 27.8 Å². The van der Waals surface area contributed by atoms with E-state index in [0.717, 1.165) is 13.1 Å². The van der Waals surface area contributed by atoms with Gasteiger partial charge in [0.1, 0.15) is 0 Å². The molecule has 0 aliphatic carbocycles. The number of thiophene rings is 1. The molecular formula is C12H16N2S. The molecule has 0 saturated heterocycles. The van der Waals surface area contributed by atoms with Crippen LogP contribution in [0.4, 0.5) is 0 Å². The van der Waals surface area contributed by atoms with Crippen molar-refractivity contribution in [2.24, 2.45) is 0 Å². The highest BCUT2D eigenvalue weighted by atomic mass is 32.1. The maximum absolute atomic E-state index is 3.42. The predicted molar refractivity (Wildman–Crippen MR) is 65.1 cm³/mol. The molecule has 0 spiro atoms. The highest BCUT2D eigenvalue weighted by molar-refractivity contribution is 7.12. The van der Waals surface area contributed by atoms with E-state index in [2.05, 4.69) is 36.3 Å². The van der Waals surface area contributed by atoms with E-state index >= 15 is 0 Å². The van der Waals surface area contributed by atoms with Gasteiger partial charge in [-0.2, -0.15) is 0 Å². The second-order valence-electron chi connectivity index (χ2n) is 3.75. The summed E-state index contributed by atoms with van der Waals surface area (Å²) in [6.45, 7) is 6.20. The Morgan fingerprint density at radius 2 is 2.20 bits per heavy atom.